The number of carbonyl (C=O) groups is 2. The van der Waals surface area contributed by atoms with Gasteiger partial charge in [0.25, 0.3) is 5.91 Å². The molecule has 3 aromatic rings. The maximum atomic E-state index is 13.4. The van der Waals surface area contributed by atoms with Crippen molar-refractivity contribution >= 4 is 17.6 Å². The van der Waals surface area contributed by atoms with Gasteiger partial charge in [-0.25, -0.2) is 0 Å². The monoisotopic (exact) mass is 544 g/mol. The van der Waals surface area contributed by atoms with Gasteiger partial charge in [-0.15, -0.1) is 10.2 Å². The average Bonchev–Trinajstić information content (AvgIpc) is 3.28. The van der Waals surface area contributed by atoms with Gasteiger partial charge in [0.05, 0.1) is 12.8 Å². The molecule has 2 amide bonds. The van der Waals surface area contributed by atoms with E-state index in [2.05, 4.69) is 33.8 Å². The molecule has 0 atom stereocenters. The summed E-state index contributed by atoms with van der Waals surface area (Å²) in [4.78, 5) is 34.8. The third-order valence-corrected chi connectivity index (χ3v) is 7.42. The standard InChI is InChI=1S/C31H40N6O3/c1-4-34(5-2)20-21-37(31(39)26-10-7-6-8-11-26)24-30(38)36-19-9-18-35(22-23-36)29-17-16-28(32-33-29)25-12-14-27(40-3)15-13-25/h6-8,10-17H,4-5,9,18-24H2,1-3H3. The fraction of sp³-hybridized carbons (Fsp3) is 0.419. The van der Waals surface area contributed by atoms with Gasteiger partial charge in [-0.1, -0.05) is 32.0 Å². The van der Waals surface area contributed by atoms with Crippen LogP contribution in [0.4, 0.5) is 5.82 Å². The highest BCUT2D eigenvalue weighted by molar-refractivity contribution is 5.96. The summed E-state index contributed by atoms with van der Waals surface area (Å²) in [6.45, 7) is 10.0. The summed E-state index contributed by atoms with van der Waals surface area (Å²) in [6.07, 6.45) is 0.819. The molecule has 2 heterocycles. The van der Waals surface area contributed by atoms with Gasteiger partial charge >= 0.3 is 0 Å². The van der Waals surface area contributed by atoms with Gasteiger partial charge in [-0.05, 0) is 68.0 Å². The van der Waals surface area contributed by atoms with Crippen LogP contribution in [0.3, 0.4) is 0 Å². The highest BCUT2D eigenvalue weighted by Gasteiger charge is 2.25. The smallest absolute Gasteiger partial charge is 0.254 e. The first-order valence-corrected chi connectivity index (χ1v) is 14.1. The lowest BCUT2D eigenvalue weighted by atomic mass is 10.1. The van der Waals surface area contributed by atoms with Gasteiger partial charge < -0.3 is 24.3 Å². The Morgan fingerprint density at radius 1 is 0.850 bits per heavy atom. The number of hydrogen-bond acceptors (Lipinski definition) is 7. The Labute approximate surface area is 237 Å². The molecule has 0 aliphatic carbocycles. The molecule has 0 radical (unpaired) electrons. The molecule has 4 rings (SSSR count). The van der Waals surface area contributed by atoms with E-state index in [0.29, 0.717) is 31.7 Å². The molecule has 1 aliphatic rings. The minimum Gasteiger partial charge on any atom is -0.497 e. The maximum absolute atomic E-state index is 13.4. The quantitative estimate of drug-likeness (QED) is 0.364. The topological polar surface area (TPSA) is 82.1 Å². The van der Waals surface area contributed by atoms with Gasteiger partial charge in [0.15, 0.2) is 5.82 Å². The molecule has 9 heteroatoms. The Hall–Kier alpha value is -3.98. The van der Waals surface area contributed by atoms with Crippen LogP contribution in [0.5, 0.6) is 5.75 Å². The Bertz CT molecular complexity index is 1220. The average molecular weight is 545 g/mol. The maximum Gasteiger partial charge on any atom is 0.254 e. The molecule has 0 unspecified atom stereocenters. The summed E-state index contributed by atoms with van der Waals surface area (Å²) in [5, 5.41) is 8.92. The number of hydrogen-bond donors (Lipinski definition) is 0. The minimum absolute atomic E-state index is 0.0217. The van der Waals surface area contributed by atoms with Gasteiger partial charge in [-0.3, -0.25) is 9.59 Å². The Morgan fingerprint density at radius 2 is 1.60 bits per heavy atom. The van der Waals surface area contributed by atoms with E-state index in [1.807, 2.05) is 71.6 Å². The van der Waals surface area contributed by atoms with E-state index in [1.54, 1.807) is 12.0 Å². The zero-order chi connectivity index (χ0) is 28.3. The number of aromatic nitrogens is 2. The van der Waals surface area contributed by atoms with Crippen molar-refractivity contribution in [3.63, 3.8) is 0 Å². The summed E-state index contributed by atoms with van der Waals surface area (Å²) >= 11 is 0. The van der Waals surface area contributed by atoms with Crippen molar-refractivity contribution in [3.8, 4) is 17.0 Å². The van der Waals surface area contributed by atoms with Crippen LogP contribution in [0.1, 0.15) is 30.6 Å². The summed E-state index contributed by atoms with van der Waals surface area (Å²) in [5.41, 5.74) is 2.38. The molecule has 0 spiro atoms. The first kappa shape index (κ1) is 29.0. The summed E-state index contributed by atoms with van der Waals surface area (Å²) < 4.78 is 5.23. The second-order valence-corrected chi connectivity index (χ2v) is 9.85. The zero-order valence-corrected chi connectivity index (χ0v) is 23.8. The van der Waals surface area contributed by atoms with Crippen LogP contribution in [-0.2, 0) is 4.79 Å². The van der Waals surface area contributed by atoms with Crippen LogP contribution in [0.2, 0.25) is 0 Å². The van der Waals surface area contributed by atoms with Crippen LogP contribution >= 0.6 is 0 Å². The van der Waals surface area contributed by atoms with Gasteiger partial charge in [0, 0.05) is 50.4 Å². The summed E-state index contributed by atoms with van der Waals surface area (Å²) in [7, 11) is 1.65. The molecule has 1 aromatic heterocycles. The van der Waals surface area contributed by atoms with Crippen molar-refractivity contribution in [2.24, 2.45) is 0 Å². The molecule has 0 saturated carbocycles. The van der Waals surface area contributed by atoms with Crippen molar-refractivity contribution in [3.05, 3.63) is 72.3 Å². The summed E-state index contributed by atoms with van der Waals surface area (Å²) in [6, 6.07) is 20.9. The number of rotatable bonds is 11. The highest BCUT2D eigenvalue weighted by atomic mass is 16.5. The molecular weight excluding hydrogens is 504 g/mol. The number of methoxy groups -OCH3 is 1. The minimum atomic E-state index is -0.107. The molecule has 0 bridgehead atoms. The van der Waals surface area contributed by atoms with Crippen LogP contribution in [0.25, 0.3) is 11.3 Å². The summed E-state index contributed by atoms with van der Waals surface area (Å²) in [5.74, 6) is 1.47. The van der Waals surface area contributed by atoms with Gasteiger partial charge in [0.1, 0.15) is 12.3 Å². The molecule has 1 fully saturated rings. The second kappa shape index (κ2) is 14.4. The molecule has 0 N–H and O–H groups in total. The predicted molar refractivity (Wildman–Crippen MR) is 158 cm³/mol. The van der Waals surface area contributed by atoms with Crippen molar-refractivity contribution in [1.82, 2.24) is 24.9 Å². The number of amides is 2. The van der Waals surface area contributed by atoms with Crippen molar-refractivity contribution in [1.29, 1.82) is 0 Å². The number of carbonyl (C=O) groups excluding carboxylic acids is 2. The fourth-order valence-electron chi connectivity index (χ4n) is 4.89. The number of ether oxygens (including phenoxy) is 1. The Kier molecular flexibility index (Phi) is 10.5. The number of likely N-dealkylation sites (N-methyl/N-ethyl adjacent to an activating group) is 1. The third-order valence-electron chi connectivity index (χ3n) is 7.42. The van der Waals surface area contributed by atoms with E-state index in [-0.39, 0.29) is 18.4 Å². The van der Waals surface area contributed by atoms with Crippen molar-refractivity contribution in [2.75, 3.05) is 70.9 Å². The molecule has 1 aliphatic heterocycles. The third kappa shape index (κ3) is 7.57. The van der Waals surface area contributed by atoms with Crippen molar-refractivity contribution in [2.45, 2.75) is 20.3 Å². The second-order valence-electron chi connectivity index (χ2n) is 9.85. The van der Waals surface area contributed by atoms with E-state index in [4.69, 9.17) is 4.74 Å². The van der Waals surface area contributed by atoms with E-state index < -0.39 is 0 Å². The fourth-order valence-corrected chi connectivity index (χ4v) is 4.89. The predicted octanol–water partition coefficient (Wildman–Crippen LogP) is 3.68. The molecule has 9 nitrogen and oxygen atoms in total. The largest absolute Gasteiger partial charge is 0.497 e. The van der Waals surface area contributed by atoms with Crippen LogP contribution < -0.4 is 9.64 Å². The number of nitrogens with zero attached hydrogens (tertiary/aromatic N) is 6. The first-order chi connectivity index (χ1) is 19.5. The van der Waals surface area contributed by atoms with E-state index >= 15 is 0 Å². The number of benzene rings is 2. The van der Waals surface area contributed by atoms with Gasteiger partial charge in [0.2, 0.25) is 5.91 Å². The van der Waals surface area contributed by atoms with Gasteiger partial charge in [-0.2, -0.15) is 0 Å². The van der Waals surface area contributed by atoms with Crippen LogP contribution in [0.15, 0.2) is 66.7 Å². The zero-order valence-electron chi connectivity index (χ0n) is 23.8. The lowest BCUT2D eigenvalue weighted by molar-refractivity contribution is -0.131. The first-order valence-electron chi connectivity index (χ1n) is 14.1. The van der Waals surface area contributed by atoms with Crippen LogP contribution in [0, 0.1) is 0 Å². The lowest BCUT2D eigenvalue weighted by Crippen LogP contribution is -2.46. The van der Waals surface area contributed by atoms with E-state index in [1.165, 1.54) is 0 Å². The van der Waals surface area contributed by atoms with Crippen LogP contribution in [-0.4, -0.2) is 103 Å². The SMILES string of the molecule is CCN(CC)CCN(CC(=O)N1CCCN(c2ccc(-c3ccc(OC)cc3)nn2)CC1)C(=O)c1ccccc1. The molecule has 40 heavy (non-hydrogen) atoms. The highest BCUT2D eigenvalue weighted by Crippen LogP contribution is 2.22. The molecule has 1 saturated heterocycles. The van der Waals surface area contributed by atoms with E-state index in [9.17, 15) is 9.59 Å². The normalized spacial score (nSPS) is 13.7. The molecule has 212 valence electrons. The lowest BCUT2D eigenvalue weighted by Gasteiger charge is -2.29. The Balaban J connectivity index is 1.37. The van der Waals surface area contributed by atoms with E-state index in [0.717, 1.165) is 55.4 Å². The number of anilines is 1. The Morgan fingerprint density at radius 3 is 2.25 bits per heavy atom. The molecule has 2 aromatic carbocycles. The molecular formula is C31H40N6O3. The van der Waals surface area contributed by atoms with Crippen molar-refractivity contribution < 1.29 is 14.3 Å².